The zero-order chi connectivity index (χ0) is 14.0. The van der Waals surface area contributed by atoms with E-state index in [0.717, 1.165) is 25.1 Å². The van der Waals surface area contributed by atoms with Crippen molar-refractivity contribution in [1.29, 1.82) is 0 Å². The normalized spacial score (nSPS) is 29.9. The summed E-state index contributed by atoms with van der Waals surface area (Å²) in [6.07, 6.45) is 2.44. The molecule has 3 heteroatoms. The number of hydrogen-bond donors (Lipinski definition) is 1. The third-order valence-corrected chi connectivity index (χ3v) is 4.61. The summed E-state index contributed by atoms with van der Waals surface area (Å²) < 4.78 is 19.1. The van der Waals surface area contributed by atoms with Gasteiger partial charge in [0.1, 0.15) is 5.82 Å². The van der Waals surface area contributed by atoms with Gasteiger partial charge in [0.05, 0.1) is 6.10 Å². The summed E-state index contributed by atoms with van der Waals surface area (Å²) >= 11 is 0. The first-order valence-electron chi connectivity index (χ1n) is 7.15. The van der Waals surface area contributed by atoms with Gasteiger partial charge in [0.2, 0.25) is 0 Å². The van der Waals surface area contributed by atoms with E-state index in [1.807, 2.05) is 19.1 Å². The molecule has 0 saturated heterocycles. The zero-order valence-electron chi connectivity index (χ0n) is 12.3. The van der Waals surface area contributed by atoms with Crippen LogP contribution in [0.5, 0.6) is 0 Å². The van der Waals surface area contributed by atoms with Gasteiger partial charge in [0.15, 0.2) is 0 Å². The van der Waals surface area contributed by atoms with Gasteiger partial charge in [-0.15, -0.1) is 0 Å². The molecule has 1 aliphatic rings. The Balaban J connectivity index is 2.05. The molecule has 1 fully saturated rings. The largest absolute Gasteiger partial charge is 0.382 e. The molecule has 1 aromatic rings. The van der Waals surface area contributed by atoms with E-state index in [4.69, 9.17) is 4.74 Å². The van der Waals surface area contributed by atoms with Crippen LogP contribution in [0.2, 0.25) is 0 Å². The molecule has 3 unspecified atom stereocenters. The predicted octanol–water partition coefficient (Wildman–Crippen LogP) is 4.14. The topological polar surface area (TPSA) is 21.3 Å². The third kappa shape index (κ3) is 2.62. The summed E-state index contributed by atoms with van der Waals surface area (Å²) in [6.45, 7) is 9.08. The quantitative estimate of drug-likeness (QED) is 0.864. The molecule has 1 saturated carbocycles. The van der Waals surface area contributed by atoms with Gasteiger partial charge in [-0.1, -0.05) is 13.8 Å². The molecule has 2 nitrogen and oxygen atoms in total. The van der Waals surface area contributed by atoms with E-state index >= 15 is 0 Å². The summed E-state index contributed by atoms with van der Waals surface area (Å²) in [5.74, 6) is -0.149. The molecule has 0 amide bonds. The van der Waals surface area contributed by atoms with Gasteiger partial charge < -0.3 is 10.1 Å². The van der Waals surface area contributed by atoms with Crippen molar-refractivity contribution in [3.8, 4) is 0 Å². The Morgan fingerprint density at radius 1 is 1.42 bits per heavy atom. The van der Waals surface area contributed by atoms with Crippen molar-refractivity contribution in [3.05, 3.63) is 29.6 Å². The lowest BCUT2D eigenvalue weighted by molar-refractivity contribution is -0.109. The van der Waals surface area contributed by atoms with Crippen LogP contribution >= 0.6 is 0 Å². The number of ether oxygens (including phenoxy) is 1. The zero-order valence-corrected chi connectivity index (χ0v) is 12.3. The monoisotopic (exact) mass is 265 g/mol. The van der Waals surface area contributed by atoms with Crippen molar-refractivity contribution in [2.75, 3.05) is 11.9 Å². The highest BCUT2D eigenvalue weighted by atomic mass is 19.1. The van der Waals surface area contributed by atoms with Crippen molar-refractivity contribution in [2.45, 2.75) is 52.7 Å². The van der Waals surface area contributed by atoms with E-state index in [9.17, 15) is 4.39 Å². The van der Waals surface area contributed by atoms with Crippen LogP contribution in [0.1, 0.15) is 39.2 Å². The van der Waals surface area contributed by atoms with Gasteiger partial charge >= 0.3 is 0 Å². The number of anilines is 1. The molecule has 106 valence electrons. The molecule has 1 aromatic carbocycles. The van der Waals surface area contributed by atoms with Crippen molar-refractivity contribution < 1.29 is 9.13 Å². The van der Waals surface area contributed by atoms with E-state index in [0.29, 0.717) is 17.7 Å². The van der Waals surface area contributed by atoms with Crippen LogP contribution in [-0.4, -0.2) is 18.8 Å². The Bertz CT molecular complexity index is 448. The van der Waals surface area contributed by atoms with Crippen molar-refractivity contribution in [3.63, 3.8) is 0 Å². The molecule has 1 aliphatic carbocycles. The fourth-order valence-electron chi connectivity index (χ4n) is 2.91. The molecule has 0 bridgehead atoms. The first-order chi connectivity index (χ1) is 9.01. The summed E-state index contributed by atoms with van der Waals surface area (Å²) in [5, 5.41) is 3.53. The molecular weight excluding hydrogens is 241 g/mol. The maximum atomic E-state index is 13.3. The Morgan fingerprint density at radius 2 is 2.16 bits per heavy atom. The number of nitrogens with one attached hydrogen (secondary N) is 1. The van der Waals surface area contributed by atoms with Crippen LogP contribution in [0.4, 0.5) is 10.1 Å². The molecule has 0 aromatic heterocycles. The average molecular weight is 265 g/mol. The van der Waals surface area contributed by atoms with Gasteiger partial charge in [-0.2, -0.15) is 0 Å². The van der Waals surface area contributed by atoms with Crippen LogP contribution in [-0.2, 0) is 4.74 Å². The SMILES string of the molecule is CCOC1CC(Nc2ccc(F)c(C)c2)C1(C)CC. The fourth-order valence-corrected chi connectivity index (χ4v) is 2.91. The Hall–Kier alpha value is -1.09. The summed E-state index contributed by atoms with van der Waals surface area (Å²) in [4.78, 5) is 0. The van der Waals surface area contributed by atoms with Crippen LogP contribution in [0.3, 0.4) is 0 Å². The minimum Gasteiger partial charge on any atom is -0.382 e. The van der Waals surface area contributed by atoms with Gasteiger partial charge in [-0.25, -0.2) is 4.39 Å². The second-order valence-electron chi connectivity index (χ2n) is 5.70. The molecule has 19 heavy (non-hydrogen) atoms. The van der Waals surface area contributed by atoms with Crippen molar-refractivity contribution >= 4 is 5.69 Å². The minimum absolute atomic E-state index is 0.149. The number of halogens is 1. The smallest absolute Gasteiger partial charge is 0.126 e. The summed E-state index contributed by atoms with van der Waals surface area (Å²) in [5.41, 5.74) is 1.85. The first kappa shape index (κ1) is 14.3. The highest BCUT2D eigenvalue weighted by molar-refractivity contribution is 5.48. The lowest BCUT2D eigenvalue weighted by Gasteiger charge is -2.54. The first-order valence-corrected chi connectivity index (χ1v) is 7.15. The molecule has 2 rings (SSSR count). The maximum Gasteiger partial charge on any atom is 0.126 e. The van der Waals surface area contributed by atoms with E-state index in [1.165, 1.54) is 6.07 Å². The summed E-state index contributed by atoms with van der Waals surface area (Å²) in [6, 6.07) is 5.62. The van der Waals surface area contributed by atoms with Gasteiger partial charge in [0, 0.05) is 23.8 Å². The van der Waals surface area contributed by atoms with E-state index in [2.05, 4.69) is 19.2 Å². The van der Waals surface area contributed by atoms with Crippen molar-refractivity contribution in [2.24, 2.45) is 5.41 Å². The number of aryl methyl sites for hydroxylation is 1. The van der Waals surface area contributed by atoms with Crippen LogP contribution in [0, 0.1) is 18.2 Å². The van der Waals surface area contributed by atoms with Crippen LogP contribution in [0.15, 0.2) is 18.2 Å². The van der Waals surface area contributed by atoms with Gasteiger partial charge in [0.25, 0.3) is 0 Å². The van der Waals surface area contributed by atoms with Gasteiger partial charge in [-0.3, -0.25) is 0 Å². The predicted molar refractivity (Wildman–Crippen MR) is 77.0 cm³/mol. The third-order valence-electron chi connectivity index (χ3n) is 4.61. The van der Waals surface area contributed by atoms with Gasteiger partial charge in [-0.05, 0) is 50.5 Å². The Kier molecular flexibility index (Phi) is 4.14. The van der Waals surface area contributed by atoms with Crippen molar-refractivity contribution in [1.82, 2.24) is 0 Å². The Labute approximate surface area is 115 Å². The second kappa shape index (κ2) is 5.49. The minimum atomic E-state index is -0.149. The average Bonchev–Trinajstić information content (AvgIpc) is 2.40. The molecular formula is C16H24FNO. The molecule has 3 atom stereocenters. The highest BCUT2D eigenvalue weighted by Crippen LogP contribution is 2.47. The molecule has 0 radical (unpaired) electrons. The van der Waals surface area contributed by atoms with Crippen LogP contribution < -0.4 is 5.32 Å². The standard InChI is InChI=1S/C16H24FNO/c1-5-16(4)14(10-15(16)19-6-2)18-12-7-8-13(17)11(3)9-12/h7-9,14-15,18H,5-6,10H2,1-4H3. The summed E-state index contributed by atoms with van der Waals surface area (Å²) in [7, 11) is 0. The molecule has 1 N–H and O–H groups in total. The lowest BCUT2D eigenvalue weighted by atomic mass is 9.61. The van der Waals surface area contributed by atoms with Crippen LogP contribution in [0.25, 0.3) is 0 Å². The maximum absolute atomic E-state index is 13.3. The molecule has 0 aliphatic heterocycles. The van der Waals surface area contributed by atoms with E-state index in [-0.39, 0.29) is 11.2 Å². The molecule has 0 heterocycles. The van der Waals surface area contributed by atoms with E-state index < -0.39 is 0 Å². The highest BCUT2D eigenvalue weighted by Gasteiger charge is 2.51. The fraction of sp³-hybridized carbons (Fsp3) is 0.625. The second-order valence-corrected chi connectivity index (χ2v) is 5.70. The number of benzene rings is 1. The molecule has 0 spiro atoms. The van der Waals surface area contributed by atoms with E-state index in [1.54, 1.807) is 6.92 Å². The lowest BCUT2D eigenvalue weighted by Crippen LogP contribution is -2.59. The number of hydrogen-bond acceptors (Lipinski definition) is 2. The Morgan fingerprint density at radius 3 is 2.74 bits per heavy atom. The number of rotatable bonds is 5.